The quantitative estimate of drug-likeness (QED) is 0.0804. The molecule has 2 atom stereocenters. The van der Waals surface area contributed by atoms with Crippen molar-refractivity contribution in [2.75, 3.05) is 114 Å². The molecular formula is C57H71ClF3N7O8S3. The van der Waals surface area contributed by atoms with E-state index in [-0.39, 0.29) is 16.4 Å². The van der Waals surface area contributed by atoms with Gasteiger partial charge in [-0.3, -0.25) is 14.6 Å². The van der Waals surface area contributed by atoms with Gasteiger partial charge in [-0.15, -0.1) is 11.8 Å². The highest BCUT2D eigenvalue weighted by molar-refractivity contribution is 7.99. The summed E-state index contributed by atoms with van der Waals surface area (Å²) in [5.41, 5.74) is -1.01. The molecule has 1 spiro atoms. The fourth-order valence-corrected chi connectivity index (χ4v) is 15.1. The van der Waals surface area contributed by atoms with E-state index in [2.05, 4.69) is 44.0 Å². The number of alkyl halides is 3. The predicted molar refractivity (Wildman–Crippen MR) is 303 cm³/mol. The van der Waals surface area contributed by atoms with Gasteiger partial charge in [-0.05, 0) is 153 Å². The van der Waals surface area contributed by atoms with E-state index in [0.717, 1.165) is 107 Å². The predicted octanol–water partition coefficient (Wildman–Crippen LogP) is 9.67. The zero-order valence-electron chi connectivity index (χ0n) is 44.6. The van der Waals surface area contributed by atoms with E-state index in [1.807, 2.05) is 47.2 Å². The standard InChI is InChI=1S/C57H71ClF3N7O8S3/c1-55(41-66-25-20-56(21-26-66)22-27-68(28-23-56)54(70)71)19-17-50(42-7-11-45(58)12-8-42)44(38-55)39-65-29-31-67(32-30-65)47-13-9-43(10-14-47)53(69)63-79(74,75)49-15-16-51(52(37-49)78(72,73)57(59,60)61)62-46(18-24-64-33-35-76-36-34-64)40-77-48-5-3-2-4-6-48/h2-16,37,46,62H,17-36,38-41H2,1H3,(H,63,69)(H,70,71). The van der Waals surface area contributed by atoms with Crippen LogP contribution in [0.25, 0.3) is 5.57 Å². The van der Waals surface area contributed by atoms with Gasteiger partial charge < -0.3 is 29.9 Å². The summed E-state index contributed by atoms with van der Waals surface area (Å²) in [5, 5.41) is 13.2. The summed E-state index contributed by atoms with van der Waals surface area (Å²) >= 11 is 7.78. The Morgan fingerprint density at radius 2 is 1.44 bits per heavy atom. The molecule has 4 aromatic rings. The topological polar surface area (TPSA) is 172 Å². The number of likely N-dealkylation sites (tertiary alicyclic amines) is 2. The summed E-state index contributed by atoms with van der Waals surface area (Å²) in [6.07, 6.45) is 6.71. The lowest BCUT2D eigenvalue weighted by Gasteiger charge is -2.48. The molecule has 15 nitrogen and oxygen atoms in total. The number of thioether (sulfide) groups is 1. The highest BCUT2D eigenvalue weighted by Crippen LogP contribution is 2.47. The van der Waals surface area contributed by atoms with Gasteiger partial charge in [0, 0.05) is 105 Å². The second kappa shape index (κ2) is 25.1. The molecule has 4 aliphatic heterocycles. The van der Waals surface area contributed by atoms with Crippen LogP contribution in [0.3, 0.4) is 0 Å². The van der Waals surface area contributed by atoms with E-state index in [1.165, 1.54) is 40.6 Å². The fraction of sp³-hybridized carbons (Fsp3) is 0.509. The van der Waals surface area contributed by atoms with Gasteiger partial charge in [-0.25, -0.2) is 26.4 Å². The molecule has 428 valence electrons. The van der Waals surface area contributed by atoms with E-state index >= 15 is 0 Å². The van der Waals surface area contributed by atoms with Crippen molar-refractivity contribution < 1.29 is 49.4 Å². The number of hydrogen-bond acceptors (Lipinski definition) is 13. The smallest absolute Gasteiger partial charge is 0.465 e. The Kier molecular flexibility index (Phi) is 18.7. The Bertz CT molecular complexity index is 3020. The number of carboxylic acid groups (broad SMARTS) is 1. The second-order valence-electron chi connectivity index (χ2n) is 22.2. The first-order valence-corrected chi connectivity index (χ1v) is 31.5. The van der Waals surface area contributed by atoms with Crippen LogP contribution in [0.2, 0.25) is 5.02 Å². The van der Waals surface area contributed by atoms with Crippen molar-refractivity contribution in [1.82, 2.24) is 24.3 Å². The van der Waals surface area contributed by atoms with Crippen LogP contribution in [0, 0.1) is 10.8 Å². The molecule has 1 aliphatic carbocycles. The number of nitrogens with one attached hydrogen (secondary N) is 2. The summed E-state index contributed by atoms with van der Waals surface area (Å²) in [4.78, 5) is 34.9. The van der Waals surface area contributed by atoms with Crippen LogP contribution in [0.15, 0.2) is 117 Å². The summed E-state index contributed by atoms with van der Waals surface area (Å²) in [5.74, 6) is -0.676. The van der Waals surface area contributed by atoms with Crippen LogP contribution in [0.1, 0.15) is 74.2 Å². The lowest BCUT2D eigenvalue weighted by Crippen LogP contribution is -2.50. The molecule has 22 heteroatoms. The summed E-state index contributed by atoms with van der Waals surface area (Å²) in [7, 11) is -11.0. The number of carbonyl (C=O) groups excluding carboxylic acids is 1. The Morgan fingerprint density at radius 3 is 2.09 bits per heavy atom. The monoisotopic (exact) mass is 1170 g/mol. The van der Waals surface area contributed by atoms with Gasteiger partial charge >= 0.3 is 11.6 Å². The average molecular weight is 1170 g/mol. The first-order valence-electron chi connectivity index (χ1n) is 27.2. The summed E-state index contributed by atoms with van der Waals surface area (Å²) in [6.45, 7) is 13.5. The molecule has 2 amide bonds. The third-order valence-corrected chi connectivity index (χ3v) is 21.0. The number of sulfone groups is 1. The highest BCUT2D eigenvalue weighted by atomic mass is 35.5. The SMILES string of the molecule is CC1(CN2CCC3(CC2)CCN(C(=O)O)CC3)CCC(c2ccc(Cl)cc2)=C(CN2CCN(c3ccc(C(=O)NS(=O)(=O)c4ccc(NC(CCN5CCOCC5)CSc5ccccc5)c(S(=O)(=O)C(F)(F)F)c4)cc3)CC2)C1. The van der Waals surface area contributed by atoms with Crippen LogP contribution < -0.4 is 14.9 Å². The molecule has 0 bridgehead atoms. The zero-order valence-corrected chi connectivity index (χ0v) is 47.8. The van der Waals surface area contributed by atoms with E-state index < -0.39 is 58.9 Å². The largest absolute Gasteiger partial charge is 0.501 e. The first-order chi connectivity index (χ1) is 37.7. The molecule has 0 radical (unpaired) electrons. The Balaban J connectivity index is 0.826. The van der Waals surface area contributed by atoms with Crippen molar-refractivity contribution in [3.05, 3.63) is 119 Å². The Morgan fingerprint density at radius 1 is 0.785 bits per heavy atom. The van der Waals surface area contributed by atoms with Crippen LogP contribution in [0.5, 0.6) is 0 Å². The number of amides is 2. The number of carbonyl (C=O) groups is 2. The summed E-state index contributed by atoms with van der Waals surface area (Å²) in [6, 6.07) is 25.8. The number of benzene rings is 4. The van der Waals surface area contributed by atoms with Crippen LogP contribution in [-0.2, 0) is 24.6 Å². The maximum absolute atomic E-state index is 14.3. The number of piperazine rings is 1. The molecular weight excluding hydrogens is 1100 g/mol. The zero-order chi connectivity index (χ0) is 56.0. The van der Waals surface area contributed by atoms with Gasteiger partial charge in [-0.1, -0.05) is 54.4 Å². The lowest BCUT2D eigenvalue weighted by molar-refractivity contribution is -0.0436. The number of morpholine rings is 1. The Hall–Kier alpha value is -4.87. The number of halogens is 4. The van der Waals surface area contributed by atoms with Crippen molar-refractivity contribution in [3.63, 3.8) is 0 Å². The van der Waals surface area contributed by atoms with Gasteiger partial charge in [-0.2, -0.15) is 13.2 Å². The van der Waals surface area contributed by atoms with E-state index in [9.17, 15) is 44.7 Å². The number of piperidine rings is 2. The molecule has 4 heterocycles. The van der Waals surface area contributed by atoms with Crippen molar-refractivity contribution in [3.8, 4) is 0 Å². The highest BCUT2D eigenvalue weighted by Gasteiger charge is 2.49. The van der Waals surface area contributed by atoms with Gasteiger partial charge in [0.2, 0.25) is 0 Å². The Labute approximate surface area is 471 Å². The van der Waals surface area contributed by atoms with Crippen molar-refractivity contribution in [2.24, 2.45) is 10.8 Å². The van der Waals surface area contributed by atoms with Crippen molar-refractivity contribution in [1.29, 1.82) is 0 Å². The second-order valence-corrected chi connectivity index (χ2v) is 27.3. The van der Waals surface area contributed by atoms with Crippen LogP contribution >= 0.6 is 23.4 Å². The maximum Gasteiger partial charge on any atom is 0.501 e. The van der Waals surface area contributed by atoms with Gasteiger partial charge in [0.05, 0.1) is 23.8 Å². The molecule has 9 rings (SSSR count). The first kappa shape index (κ1) is 58.8. The van der Waals surface area contributed by atoms with Crippen molar-refractivity contribution >= 4 is 72.2 Å². The number of anilines is 2. The molecule has 3 N–H and O–H groups in total. The molecule has 0 saturated carbocycles. The minimum absolute atomic E-state index is 0.0152. The normalized spacial score (nSPS) is 21.5. The van der Waals surface area contributed by atoms with Crippen LogP contribution in [-0.4, -0.2) is 169 Å². The number of ether oxygens (including phenoxy) is 1. The third kappa shape index (κ3) is 14.8. The van der Waals surface area contributed by atoms with Gasteiger partial charge in [0.15, 0.2) is 0 Å². The number of rotatable bonds is 18. The third-order valence-electron chi connectivity index (χ3n) is 16.7. The minimum Gasteiger partial charge on any atom is -0.465 e. The van der Waals surface area contributed by atoms with Gasteiger partial charge in [0.25, 0.3) is 25.8 Å². The number of allylic oxidation sites excluding steroid dienone is 1. The van der Waals surface area contributed by atoms with Crippen molar-refractivity contribution in [2.45, 2.75) is 84.5 Å². The number of sulfonamides is 1. The number of nitrogens with zero attached hydrogens (tertiary/aromatic N) is 5. The van der Waals surface area contributed by atoms with Crippen LogP contribution in [0.4, 0.5) is 29.3 Å². The van der Waals surface area contributed by atoms with E-state index in [0.29, 0.717) is 82.3 Å². The molecule has 4 aromatic carbocycles. The van der Waals surface area contributed by atoms with Gasteiger partial charge in [0.1, 0.15) is 4.90 Å². The summed E-state index contributed by atoms with van der Waals surface area (Å²) < 4.78 is 104. The van der Waals surface area contributed by atoms with E-state index in [1.54, 1.807) is 17.0 Å². The average Bonchev–Trinajstić information content (AvgIpc) is 3.58. The maximum atomic E-state index is 14.3. The molecule has 2 unspecified atom stereocenters. The molecule has 79 heavy (non-hydrogen) atoms. The molecule has 5 aliphatic rings. The molecule has 4 fully saturated rings. The lowest BCUT2D eigenvalue weighted by atomic mass is 9.69. The molecule has 4 saturated heterocycles. The fourth-order valence-electron chi connectivity index (χ4n) is 11.9. The van der Waals surface area contributed by atoms with E-state index in [4.69, 9.17) is 16.3 Å². The minimum atomic E-state index is -6.08. The molecule has 0 aromatic heterocycles. The number of hydrogen-bond donors (Lipinski definition) is 3.